The Morgan fingerprint density at radius 1 is 1.21 bits per heavy atom. The molecule has 8 heteroatoms. The molecule has 2 aliphatic rings. The number of aromatic amines is 1. The van der Waals surface area contributed by atoms with Gasteiger partial charge in [-0.15, -0.1) is 12.4 Å². The van der Waals surface area contributed by atoms with E-state index in [4.69, 9.17) is 5.73 Å². The summed E-state index contributed by atoms with van der Waals surface area (Å²) < 4.78 is 0. The van der Waals surface area contributed by atoms with Crippen molar-refractivity contribution in [1.82, 2.24) is 20.0 Å². The monoisotopic (exact) mass is 419 g/mol. The van der Waals surface area contributed by atoms with E-state index >= 15 is 0 Å². The first-order valence-corrected chi connectivity index (χ1v) is 10.1. The van der Waals surface area contributed by atoms with Gasteiger partial charge in [-0.3, -0.25) is 14.7 Å². The van der Waals surface area contributed by atoms with Crippen LogP contribution in [0.4, 0.5) is 0 Å². The summed E-state index contributed by atoms with van der Waals surface area (Å²) in [6, 6.07) is 5.68. The average molecular weight is 420 g/mol. The van der Waals surface area contributed by atoms with Crippen molar-refractivity contribution in [3.63, 3.8) is 0 Å². The standard InChI is InChI=1S/C21H29N5O2.ClH/c1-21(2)13-26(9-7-18(21)22)20(28)15-4-3-8-25(12-15)19(27)14-5-6-17-16(10-14)11-23-24-17;/h5-6,10-11,15,18H,3-4,7-9,12-13,22H2,1-2H3,(H,23,24);1H. The Hall–Kier alpha value is -2.12. The summed E-state index contributed by atoms with van der Waals surface area (Å²) in [4.78, 5) is 29.9. The van der Waals surface area contributed by atoms with E-state index < -0.39 is 0 Å². The molecule has 4 rings (SSSR count). The van der Waals surface area contributed by atoms with Gasteiger partial charge in [0.05, 0.1) is 17.6 Å². The molecule has 3 N–H and O–H groups in total. The molecule has 0 bridgehead atoms. The molecule has 7 nitrogen and oxygen atoms in total. The highest BCUT2D eigenvalue weighted by Crippen LogP contribution is 2.30. The Kier molecular flexibility index (Phi) is 6.19. The van der Waals surface area contributed by atoms with E-state index in [-0.39, 0.29) is 41.6 Å². The molecule has 2 aliphatic heterocycles. The van der Waals surface area contributed by atoms with Gasteiger partial charge in [-0.2, -0.15) is 5.10 Å². The number of hydrogen-bond donors (Lipinski definition) is 2. The summed E-state index contributed by atoms with van der Waals surface area (Å²) in [5.41, 5.74) is 7.70. The molecule has 3 heterocycles. The molecule has 0 saturated carbocycles. The van der Waals surface area contributed by atoms with Gasteiger partial charge in [-0.05, 0) is 42.9 Å². The molecule has 2 fully saturated rings. The fourth-order valence-electron chi connectivity index (χ4n) is 4.44. The Morgan fingerprint density at radius 2 is 2.00 bits per heavy atom. The van der Waals surface area contributed by atoms with Gasteiger partial charge in [0.1, 0.15) is 0 Å². The number of carbonyl (C=O) groups is 2. The van der Waals surface area contributed by atoms with Gasteiger partial charge in [0.15, 0.2) is 0 Å². The number of hydrogen-bond acceptors (Lipinski definition) is 4. The number of carbonyl (C=O) groups excluding carboxylic acids is 2. The van der Waals surface area contributed by atoms with Gasteiger partial charge in [0.25, 0.3) is 5.91 Å². The third kappa shape index (κ3) is 4.26. The minimum Gasteiger partial charge on any atom is -0.342 e. The Bertz CT molecular complexity index is 896. The van der Waals surface area contributed by atoms with Crippen LogP contribution < -0.4 is 5.73 Å². The zero-order valence-corrected chi connectivity index (χ0v) is 17.9. The smallest absolute Gasteiger partial charge is 0.253 e. The maximum absolute atomic E-state index is 13.1. The van der Waals surface area contributed by atoms with Crippen LogP contribution in [-0.4, -0.2) is 64.0 Å². The molecule has 1 aromatic heterocycles. The van der Waals surface area contributed by atoms with E-state index in [0.717, 1.165) is 30.2 Å². The highest BCUT2D eigenvalue weighted by molar-refractivity contribution is 5.98. The number of piperidine rings is 2. The normalized spacial score (nSPS) is 24.2. The van der Waals surface area contributed by atoms with E-state index in [0.29, 0.717) is 31.7 Å². The minimum absolute atomic E-state index is 0. The molecule has 0 spiro atoms. The number of nitrogens with zero attached hydrogens (tertiary/aromatic N) is 3. The third-order valence-corrected chi connectivity index (χ3v) is 6.37. The number of likely N-dealkylation sites (tertiary alicyclic amines) is 2. The summed E-state index contributed by atoms with van der Waals surface area (Å²) in [7, 11) is 0. The van der Waals surface area contributed by atoms with Crippen molar-refractivity contribution in [3.8, 4) is 0 Å². The van der Waals surface area contributed by atoms with Gasteiger partial charge in [0.2, 0.25) is 5.91 Å². The van der Waals surface area contributed by atoms with Gasteiger partial charge in [-0.1, -0.05) is 13.8 Å². The van der Waals surface area contributed by atoms with Crippen molar-refractivity contribution in [2.45, 2.75) is 39.2 Å². The van der Waals surface area contributed by atoms with Crippen molar-refractivity contribution in [3.05, 3.63) is 30.0 Å². The maximum Gasteiger partial charge on any atom is 0.253 e. The highest BCUT2D eigenvalue weighted by atomic mass is 35.5. The first kappa shape index (κ1) is 21.6. The summed E-state index contributed by atoms with van der Waals surface area (Å²) in [6.45, 7) is 6.84. The SMILES string of the molecule is CC1(C)CN(C(=O)C2CCCN(C(=O)c3ccc4[nH]ncc4c3)C2)CCC1N.Cl. The lowest BCUT2D eigenvalue weighted by atomic mass is 9.79. The van der Waals surface area contributed by atoms with E-state index in [1.54, 1.807) is 6.20 Å². The average Bonchev–Trinajstić information content (AvgIpc) is 3.16. The second kappa shape index (κ2) is 8.32. The second-order valence-corrected chi connectivity index (χ2v) is 8.91. The lowest BCUT2D eigenvalue weighted by molar-refractivity contribution is -0.140. The van der Waals surface area contributed by atoms with E-state index in [1.165, 1.54) is 0 Å². The lowest BCUT2D eigenvalue weighted by Crippen LogP contribution is -2.56. The van der Waals surface area contributed by atoms with Gasteiger partial charge in [-0.25, -0.2) is 0 Å². The van der Waals surface area contributed by atoms with Gasteiger partial charge < -0.3 is 15.5 Å². The summed E-state index contributed by atoms with van der Waals surface area (Å²) in [5.74, 6) is 0.0323. The number of fused-ring (bicyclic) bond motifs is 1. The number of aromatic nitrogens is 2. The van der Waals surface area contributed by atoms with Crippen LogP contribution >= 0.6 is 12.4 Å². The second-order valence-electron chi connectivity index (χ2n) is 8.91. The van der Waals surface area contributed by atoms with Crippen LogP contribution in [0.3, 0.4) is 0 Å². The molecule has 0 radical (unpaired) electrons. The molecule has 2 unspecified atom stereocenters. The maximum atomic E-state index is 13.1. The van der Waals surface area contributed by atoms with Crippen molar-refractivity contribution >= 4 is 35.1 Å². The lowest BCUT2D eigenvalue weighted by Gasteiger charge is -2.44. The molecule has 0 aliphatic carbocycles. The highest BCUT2D eigenvalue weighted by Gasteiger charge is 2.38. The van der Waals surface area contributed by atoms with Gasteiger partial charge >= 0.3 is 0 Å². The molecule has 2 atom stereocenters. The molecule has 29 heavy (non-hydrogen) atoms. The largest absolute Gasteiger partial charge is 0.342 e. The Labute approximate surface area is 177 Å². The number of rotatable bonds is 2. The number of halogens is 1. The van der Waals surface area contributed by atoms with Crippen molar-refractivity contribution in [1.29, 1.82) is 0 Å². The molecular formula is C21H30ClN5O2. The van der Waals surface area contributed by atoms with Crippen molar-refractivity contribution < 1.29 is 9.59 Å². The number of nitrogens with two attached hydrogens (primary N) is 1. The van der Waals surface area contributed by atoms with Crippen LogP contribution in [0.25, 0.3) is 10.9 Å². The van der Waals surface area contributed by atoms with Crippen LogP contribution in [0, 0.1) is 11.3 Å². The van der Waals surface area contributed by atoms with Crippen molar-refractivity contribution in [2.75, 3.05) is 26.2 Å². The number of amides is 2. The third-order valence-electron chi connectivity index (χ3n) is 6.37. The number of benzene rings is 1. The quantitative estimate of drug-likeness (QED) is 0.781. The number of nitrogens with one attached hydrogen (secondary N) is 1. The summed E-state index contributed by atoms with van der Waals surface area (Å²) in [6.07, 6.45) is 4.25. The Morgan fingerprint density at radius 3 is 2.76 bits per heavy atom. The van der Waals surface area contributed by atoms with Crippen LogP contribution in [0.15, 0.2) is 24.4 Å². The van der Waals surface area contributed by atoms with Crippen LogP contribution in [0.5, 0.6) is 0 Å². The zero-order chi connectivity index (χ0) is 19.9. The molecule has 1 aromatic carbocycles. The first-order chi connectivity index (χ1) is 13.3. The minimum atomic E-state index is -0.125. The summed E-state index contributed by atoms with van der Waals surface area (Å²) in [5, 5.41) is 7.83. The van der Waals surface area contributed by atoms with E-state index in [2.05, 4.69) is 24.0 Å². The summed E-state index contributed by atoms with van der Waals surface area (Å²) >= 11 is 0. The molecule has 2 aromatic rings. The van der Waals surface area contributed by atoms with Crippen LogP contribution in [0.1, 0.15) is 43.5 Å². The molecular weight excluding hydrogens is 390 g/mol. The van der Waals surface area contributed by atoms with E-state index in [9.17, 15) is 9.59 Å². The van der Waals surface area contributed by atoms with E-state index in [1.807, 2.05) is 28.0 Å². The fourth-order valence-corrected chi connectivity index (χ4v) is 4.44. The predicted octanol–water partition coefficient (Wildman–Crippen LogP) is 2.42. The number of H-pyrrole nitrogens is 1. The topological polar surface area (TPSA) is 95.3 Å². The van der Waals surface area contributed by atoms with Gasteiger partial charge in [0, 0.05) is 43.2 Å². The fraction of sp³-hybridized carbons (Fsp3) is 0.571. The molecule has 2 saturated heterocycles. The van der Waals surface area contributed by atoms with Crippen LogP contribution in [-0.2, 0) is 4.79 Å². The van der Waals surface area contributed by atoms with Crippen LogP contribution in [0.2, 0.25) is 0 Å². The first-order valence-electron chi connectivity index (χ1n) is 10.1. The Balaban J connectivity index is 0.00000240. The molecule has 2 amide bonds. The van der Waals surface area contributed by atoms with Crippen molar-refractivity contribution in [2.24, 2.45) is 17.1 Å². The molecule has 158 valence electrons. The predicted molar refractivity (Wildman–Crippen MR) is 115 cm³/mol. The zero-order valence-electron chi connectivity index (χ0n) is 17.1.